The molecular formula is C17H25ClN4O. The van der Waals surface area contributed by atoms with Gasteiger partial charge in [-0.2, -0.15) is 4.98 Å². The average Bonchev–Trinajstić information content (AvgIpc) is 3.15. The number of aryl methyl sites for hydroxylation is 1. The van der Waals surface area contributed by atoms with Crippen molar-refractivity contribution in [3.8, 4) is 11.4 Å². The summed E-state index contributed by atoms with van der Waals surface area (Å²) in [6, 6.07) is 8.21. The Balaban J connectivity index is 0.00000192. The van der Waals surface area contributed by atoms with Gasteiger partial charge in [0.2, 0.25) is 11.7 Å². The molecule has 1 aromatic carbocycles. The van der Waals surface area contributed by atoms with E-state index >= 15 is 0 Å². The minimum atomic E-state index is 0. The van der Waals surface area contributed by atoms with Crippen molar-refractivity contribution < 1.29 is 4.52 Å². The molecular weight excluding hydrogens is 312 g/mol. The molecule has 3 rings (SSSR count). The van der Waals surface area contributed by atoms with Crippen molar-refractivity contribution in [1.82, 2.24) is 15.0 Å². The fourth-order valence-corrected chi connectivity index (χ4v) is 3.05. The van der Waals surface area contributed by atoms with Crippen molar-refractivity contribution in [1.29, 1.82) is 0 Å². The molecule has 0 amide bonds. The van der Waals surface area contributed by atoms with Crippen molar-refractivity contribution in [3.63, 3.8) is 0 Å². The first-order chi connectivity index (χ1) is 10.5. The van der Waals surface area contributed by atoms with E-state index in [1.165, 1.54) is 0 Å². The molecule has 2 N–H and O–H groups in total. The summed E-state index contributed by atoms with van der Waals surface area (Å²) < 4.78 is 5.52. The van der Waals surface area contributed by atoms with Gasteiger partial charge in [0, 0.05) is 12.1 Å². The smallest absolute Gasteiger partial charge is 0.244 e. The molecule has 2 heterocycles. The molecule has 23 heavy (non-hydrogen) atoms. The van der Waals surface area contributed by atoms with Crippen molar-refractivity contribution in [2.75, 3.05) is 19.6 Å². The first kappa shape index (κ1) is 17.9. The molecule has 0 radical (unpaired) electrons. The van der Waals surface area contributed by atoms with Crippen LogP contribution in [0.2, 0.25) is 0 Å². The molecule has 0 saturated carbocycles. The van der Waals surface area contributed by atoms with Gasteiger partial charge in [0.05, 0.1) is 6.04 Å². The lowest BCUT2D eigenvalue weighted by molar-refractivity contribution is 0.188. The highest BCUT2D eigenvalue weighted by atomic mass is 35.5. The van der Waals surface area contributed by atoms with Crippen LogP contribution in [0.4, 0.5) is 0 Å². The second-order valence-electron chi connectivity index (χ2n) is 6.68. The van der Waals surface area contributed by atoms with E-state index in [0.717, 1.165) is 30.6 Å². The second kappa shape index (κ2) is 6.99. The third-order valence-electron chi connectivity index (χ3n) is 4.81. The molecule has 0 spiro atoms. The summed E-state index contributed by atoms with van der Waals surface area (Å²) in [4.78, 5) is 6.99. The van der Waals surface area contributed by atoms with Crippen LogP contribution in [0.25, 0.3) is 11.4 Å². The van der Waals surface area contributed by atoms with Crippen LogP contribution in [0.1, 0.15) is 37.8 Å². The van der Waals surface area contributed by atoms with E-state index in [2.05, 4.69) is 41.9 Å². The van der Waals surface area contributed by atoms with E-state index in [1.54, 1.807) is 0 Å². The number of rotatable bonds is 4. The van der Waals surface area contributed by atoms with Gasteiger partial charge >= 0.3 is 0 Å². The van der Waals surface area contributed by atoms with Gasteiger partial charge in [-0.05, 0) is 44.3 Å². The monoisotopic (exact) mass is 336 g/mol. The number of hydrogen-bond donors (Lipinski definition) is 1. The highest BCUT2D eigenvalue weighted by molar-refractivity contribution is 5.85. The van der Waals surface area contributed by atoms with Crippen LogP contribution in [0.5, 0.6) is 0 Å². The molecule has 5 nitrogen and oxygen atoms in total. The maximum atomic E-state index is 5.89. The fourth-order valence-electron chi connectivity index (χ4n) is 3.05. The Bertz CT molecular complexity index is 660. The van der Waals surface area contributed by atoms with E-state index in [1.807, 2.05) is 18.2 Å². The molecule has 1 fully saturated rings. The van der Waals surface area contributed by atoms with Crippen molar-refractivity contribution in [3.05, 3.63) is 35.7 Å². The Morgan fingerprint density at radius 3 is 2.78 bits per heavy atom. The normalized spacial score (nSPS) is 22.8. The van der Waals surface area contributed by atoms with E-state index in [-0.39, 0.29) is 23.9 Å². The van der Waals surface area contributed by atoms with Crippen LogP contribution in [-0.4, -0.2) is 34.7 Å². The molecule has 2 unspecified atom stereocenters. The molecule has 6 heteroatoms. The van der Waals surface area contributed by atoms with Crippen LogP contribution >= 0.6 is 12.4 Å². The number of hydrogen-bond acceptors (Lipinski definition) is 5. The standard InChI is InChI=1S/C17H24N4O.ClH/c1-12-6-4-5-7-14(12)15-19-16(22-20-15)13(2)21-9-8-17(3,10-18)11-21;/h4-7,13H,8-11,18H2,1-3H3;1H. The third-order valence-corrected chi connectivity index (χ3v) is 4.81. The zero-order valence-electron chi connectivity index (χ0n) is 14.0. The van der Waals surface area contributed by atoms with E-state index in [4.69, 9.17) is 10.3 Å². The molecule has 1 aliphatic rings. The molecule has 2 atom stereocenters. The first-order valence-electron chi connectivity index (χ1n) is 7.86. The van der Waals surface area contributed by atoms with Gasteiger partial charge in [-0.1, -0.05) is 36.3 Å². The zero-order valence-corrected chi connectivity index (χ0v) is 14.8. The molecule has 1 aliphatic heterocycles. The van der Waals surface area contributed by atoms with Crippen LogP contribution < -0.4 is 5.73 Å². The summed E-state index contributed by atoms with van der Waals surface area (Å²) in [5, 5.41) is 4.16. The highest BCUT2D eigenvalue weighted by Gasteiger charge is 2.36. The number of likely N-dealkylation sites (tertiary alicyclic amines) is 1. The van der Waals surface area contributed by atoms with Gasteiger partial charge in [-0.15, -0.1) is 12.4 Å². The minimum Gasteiger partial charge on any atom is -0.337 e. The summed E-state index contributed by atoms with van der Waals surface area (Å²) in [5.74, 6) is 1.35. The maximum absolute atomic E-state index is 5.89. The molecule has 1 saturated heterocycles. The van der Waals surface area contributed by atoms with Gasteiger partial charge in [-0.25, -0.2) is 0 Å². The third kappa shape index (κ3) is 3.57. The predicted octanol–water partition coefficient (Wildman–Crippen LogP) is 3.20. The first-order valence-corrected chi connectivity index (χ1v) is 7.86. The van der Waals surface area contributed by atoms with Gasteiger partial charge in [0.25, 0.3) is 0 Å². The van der Waals surface area contributed by atoms with Crippen molar-refractivity contribution >= 4 is 12.4 Å². The lowest BCUT2D eigenvalue weighted by Gasteiger charge is -2.25. The van der Waals surface area contributed by atoms with Crippen LogP contribution in [0.3, 0.4) is 0 Å². The molecule has 0 aliphatic carbocycles. The largest absolute Gasteiger partial charge is 0.337 e. The minimum absolute atomic E-state index is 0. The maximum Gasteiger partial charge on any atom is 0.244 e. The SMILES string of the molecule is Cc1ccccc1-c1noc(C(C)N2CCC(C)(CN)C2)n1.Cl. The summed E-state index contributed by atoms with van der Waals surface area (Å²) in [5.41, 5.74) is 8.27. The summed E-state index contributed by atoms with van der Waals surface area (Å²) >= 11 is 0. The number of benzene rings is 1. The van der Waals surface area contributed by atoms with Gasteiger partial charge < -0.3 is 10.3 Å². The van der Waals surface area contributed by atoms with Gasteiger partial charge in [-0.3, -0.25) is 4.90 Å². The number of nitrogens with zero attached hydrogens (tertiary/aromatic N) is 3. The summed E-state index contributed by atoms with van der Waals surface area (Å²) in [6.07, 6.45) is 1.12. The topological polar surface area (TPSA) is 68.2 Å². The Hall–Kier alpha value is -1.43. The number of nitrogens with two attached hydrogens (primary N) is 1. The van der Waals surface area contributed by atoms with Crippen molar-refractivity contribution in [2.45, 2.75) is 33.2 Å². The summed E-state index contributed by atoms with van der Waals surface area (Å²) in [6.45, 7) is 9.14. The Kier molecular flexibility index (Phi) is 5.45. The zero-order chi connectivity index (χ0) is 15.7. The number of aromatic nitrogens is 2. The van der Waals surface area contributed by atoms with Gasteiger partial charge in [0.15, 0.2) is 0 Å². The molecule has 126 valence electrons. The lowest BCUT2D eigenvalue weighted by atomic mass is 9.90. The van der Waals surface area contributed by atoms with Crippen molar-refractivity contribution in [2.24, 2.45) is 11.1 Å². The quantitative estimate of drug-likeness (QED) is 0.928. The summed E-state index contributed by atoms with van der Waals surface area (Å²) in [7, 11) is 0. The molecule has 2 aromatic rings. The molecule has 0 bridgehead atoms. The van der Waals surface area contributed by atoms with E-state index in [0.29, 0.717) is 18.3 Å². The average molecular weight is 337 g/mol. The Morgan fingerprint density at radius 1 is 1.39 bits per heavy atom. The second-order valence-corrected chi connectivity index (χ2v) is 6.68. The highest BCUT2D eigenvalue weighted by Crippen LogP contribution is 2.34. The Labute approximate surface area is 143 Å². The van der Waals surface area contributed by atoms with Gasteiger partial charge in [0.1, 0.15) is 0 Å². The van der Waals surface area contributed by atoms with Crippen LogP contribution in [0, 0.1) is 12.3 Å². The Morgan fingerprint density at radius 2 is 2.13 bits per heavy atom. The fraction of sp³-hybridized carbons (Fsp3) is 0.529. The van der Waals surface area contributed by atoms with Crippen LogP contribution in [0.15, 0.2) is 28.8 Å². The number of halogens is 1. The molecule has 1 aromatic heterocycles. The predicted molar refractivity (Wildman–Crippen MR) is 93.5 cm³/mol. The van der Waals surface area contributed by atoms with Crippen LogP contribution in [-0.2, 0) is 0 Å². The lowest BCUT2D eigenvalue weighted by Crippen LogP contribution is -2.32. The van der Waals surface area contributed by atoms with E-state index < -0.39 is 0 Å². The van der Waals surface area contributed by atoms with E-state index in [9.17, 15) is 0 Å².